The van der Waals surface area contributed by atoms with Crippen LogP contribution in [0.5, 0.6) is 0 Å². The van der Waals surface area contributed by atoms with Crippen LogP contribution in [0.15, 0.2) is 22.7 Å². The van der Waals surface area contributed by atoms with Crippen molar-refractivity contribution in [3.8, 4) is 0 Å². The zero-order chi connectivity index (χ0) is 13.8. The van der Waals surface area contributed by atoms with Crippen LogP contribution in [-0.4, -0.2) is 30.2 Å². The van der Waals surface area contributed by atoms with Gasteiger partial charge in [-0.25, -0.2) is 4.79 Å². The van der Waals surface area contributed by atoms with Gasteiger partial charge in [-0.2, -0.15) is 0 Å². The van der Waals surface area contributed by atoms with Crippen molar-refractivity contribution in [2.24, 2.45) is 5.92 Å². The van der Waals surface area contributed by atoms with Crippen molar-refractivity contribution in [1.82, 2.24) is 0 Å². The summed E-state index contributed by atoms with van der Waals surface area (Å²) in [5, 5.41) is 11.7. The first-order valence-electron chi connectivity index (χ1n) is 5.99. The Morgan fingerprint density at radius 2 is 1.95 bits per heavy atom. The van der Waals surface area contributed by atoms with Crippen LogP contribution in [0.25, 0.3) is 0 Å². The third-order valence-corrected chi connectivity index (χ3v) is 3.46. The van der Waals surface area contributed by atoms with Gasteiger partial charge < -0.3 is 15.2 Å². The minimum absolute atomic E-state index is 0.0685. The second-order valence-electron chi connectivity index (χ2n) is 4.41. The molecule has 0 saturated carbocycles. The number of carboxylic acids is 1. The van der Waals surface area contributed by atoms with Gasteiger partial charge >= 0.3 is 5.97 Å². The Morgan fingerprint density at radius 3 is 2.58 bits per heavy atom. The van der Waals surface area contributed by atoms with E-state index in [2.05, 4.69) is 21.2 Å². The first-order chi connectivity index (χ1) is 9.06. The molecule has 0 aromatic heterocycles. The highest BCUT2D eigenvalue weighted by molar-refractivity contribution is 9.10. The summed E-state index contributed by atoms with van der Waals surface area (Å²) >= 11 is 3.23. The minimum Gasteiger partial charge on any atom is -0.478 e. The van der Waals surface area contributed by atoms with Gasteiger partial charge in [-0.15, -0.1) is 0 Å². The number of carbonyl (C=O) groups excluding carboxylic acids is 1. The molecular weight excluding hydrogens is 314 g/mol. The number of rotatable bonds is 3. The zero-order valence-electron chi connectivity index (χ0n) is 10.2. The lowest BCUT2D eigenvalue weighted by Crippen LogP contribution is -2.28. The molecule has 1 aliphatic rings. The standard InChI is InChI=1S/C13H14BrNO4/c14-10-5-9(13(17)18)6-11(7-10)15-12(16)8-1-3-19-4-2-8/h5-8H,1-4H2,(H,15,16)(H,17,18). The number of nitrogens with one attached hydrogen (secondary N) is 1. The Bertz CT molecular complexity index is 497. The molecule has 0 spiro atoms. The second-order valence-corrected chi connectivity index (χ2v) is 5.33. The highest BCUT2D eigenvalue weighted by Gasteiger charge is 2.21. The lowest BCUT2D eigenvalue weighted by Gasteiger charge is -2.21. The number of hydrogen-bond donors (Lipinski definition) is 2. The van der Waals surface area contributed by atoms with Crippen molar-refractivity contribution in [2.75, 3.05) is 18.5 Å². The monoisotopic (exact) mass is 327 g/mol. The molecule has 1 aliphatic heterocycles. The third kappa shape index (κ3) is 3.78. The van der Waals surface area contributed by atoms with Gasteiger partial charge in [-0.3, -0.25) is 4.79 Å². The molecule has 2 N–H and O–H groups in total. The molecule has 19 heavy (non-hydrogen) atoms. The van der Waals surface area contributed by atoms with Crippen LogP contribution >= 0.6 is 15.9 Å². The molecule has 102 valence electrons. The van der Waals surface area contributed by atoms with Gasteiger partial charge in [0, 0.05) is 29.3 Å². The van der Waals surface area contributed by atoms with E-state index in [1.54, 1.807) is 6.07 Å². The fourth-order valence-electron chi connectivity index (χ4n) is 1.99. The van der Waals surface area contributed by atoms with Crippen LogP contribution in [-0.2, 0) is 9.53 Å². The largest absolute Gasteiger partial charge is 0.478 e. The van der Waals surface area contributed by atoms with Crippen molar-refractivity contribution in [3.63, 3.8) is 0 Å². The summed E-state index contributed by atoms with van der Waals surface area (Å²) < 4.78 is 5.82. The van der Waals surface area contributed by atoms with Gasteiger partial charge in [0.15, 0.2) is 0 Å². The van der Waals surface area contributed by atoms with Crippen molar-refractivity contribution in [1.29, 1.82) is 0 Å². The Balaban J connectivity index is 2.09. The zero-order valence-corrected chi connectivity index (χ0v) is 11.8. The van der Waals surface area contributed by atoms with Gasteiger partial charge in [0.25, 0.3) is 0 Å². The average Bonchev–Trinajstić information content (AvgIpc) is 2.39. The number of benzene rings is 1. The molecule has 1 aromatic carbocycles. The van der Waals surface area contributed by atoms with Crippen LogP contribution in [0.4, 0.5) is 5.69 Å². The first-order valence-corrected chi connectivity index (χ1v) is 6.78. The van der Waals surface area contributed by atoms with Crippen LogP contribution < -0.4 is 5.32 Å². The Kier molecular flexibility index (Phi) is 4.55. The predicted molar refractivity (Wildman–Crippen MR) is 73.3 cm³/mol. The maximum atomic E-state index is 12.0. The topological polar surface area (TPSA) is 75.6 Å². The molecule has 1 heterocycles. The van der Waals surface area contributed by atoms with Crippen molar-refractivity contribution in [2.45, 2.75) is 12.8 Å². The normalized spacial score (nSPS) is 16.1. The summed E-state index contributed by atoms with van der Waals surface area (Å²) in [7, 11) is 0. The van der Waals surface area contributed by atoms with E-state index in [1.807, 2.05) is 0 Å². The minimum atomic E-state index is -1.03. The van der Waals surface area contributed by atoms with Crippen molar-refractivity contribution in [3.05, 3.63) is 28.2 Å². The lowest BCUT2D eigenvalue weighted by atomic mass is 9.99. The number of carboxylic acid groups (broad SMARTS) is 1. The number of aromatic carboxylic acids is 1. The fraction of sp³-hybridized carbons (Fsp3) is 0.385. The molecule has 0 unspecified atom stereocenters. The lowest BCUT2D eigenvalue weighted by molar-refractivity contribution is -0.122. The number of ether oxygens (including phenoxy) is 1. The molecular formula is C13H14BrNO4. The van der Waals surface area contributed by atoms with E-state index >= 15 is 0 Å². The van der Waals surface area contributed by atoms with E-state index < -0.39 is 5.97 Å². The number of carbonyl (C=O) groups is 2. The van der Waals surface area contributed by atoms with Crippen molar-refractivity contribution >= 4 is 33.5 Å². The molecule has 2 rings (SSSR count). The average molecular weight is 328 g/mol. The SMILES string of the molecule is O=C(O)c1cc(Br)cc(NC(=O)C2CCOCC2)c1. The maximum Gasteiger partial charge on any atom is 0.335 e. The Morgan fingerprint density at radius 1 is 1.26 bits per heavy atom. The molecule has 0 atom stereocenters. The highest BCUT2D eigenvalue weighted by Crippen LogP contribution is 2.22. The van der Waals surface area contributed by atoms with Gasteiger partial charge in [0.1, 0.15) is 0 Å². The Hall–Kier alpha value is -1.40. The maximum absolute atomic E-state index is 12.0. The molecule has 0 bridgehead atoms. The van der Waals surface area contributed by atoms with Crippen LogP contribution in [0, 0.1) is 5.92 Å². The van der Waals surface area contributed by atoms with E-state index in [0.717, 1.165) is 0 Å². The quantitative estimate of drug-likeness (QED) is 0.894. The first kappa shape index (κ1) is 14.0. The molecule has 0 radical (unpaired) electrons. The number of halogens is 1. The second kappa shape index (κ2) is 6.16. The molecule has 6 heteroatoms. The summed E-state index contributed by atoms with van der Waals surface area (Å²) in [6.45, 7) is 1.19. The fourth-order valence-corrected chi connectivity index (χ4v) is 2.48. The van der Waals surface area contributed by atoms with Gasteiger partial charge in [-0.1, -0.05) is 15.9 Å². The van der Waals surface area contributed by atoms with E-state index in [9.17, 15) is 9.59 Å². The number of hydrogen-bond acceptors (Lipinski definition) is 3. The van der Waals surface area contributed by atoms with Crippen LogP contribution in [0.2, 0.25) is 0 Å². The van der Waals surface area contributed by atoms with E-state index in [-0.39, 0.29) is 17.4 Å². The van der Waals surface area contributed by atoms with E-state index in [4.69, 9.17) is 9.84 Å². The van der Waals surface area contributed by atoms with Crippen LogP contribution in [0.3, 0.4) is 0 Å². The van der Waals surface area contributed by atoms with Crippen molar-refractivity contribution < 1.29 is 19.4 Å². The van der Waals surface area contributed by atoms with Crippen LogP contribution in [0.1, 0.15) is 23.2 Å². The van der Waals surface area contributed by atoms with Gasteiger partial charge in [0.05, 0.1) is 5.56 Å². The van der Waals surface area contributed by atoms with E-state index in [1.165, 1.54) is 12.1 Å². The third-order valence-electron chi connectivity index (χ3n) is 3.00. The summed E-state index contributed by atoms with van der Waals surface area (Å²) in [6, 6.07) is 4.63. The highest BCUT2D eigenvalue weighted by atomic mass is 79.9. The summed E-state index contributed by atoms with van der Waals surface area (Å²) in [5.41, 5.74) is 0.625. The molecule has 5 nitrogen and oxygen atoms in total. The summed E-state index contributed by atoms with van der Waals surface area (Å²) in [5.74, 6) is -1.18. The summed E-state index contributed by atoms with van der Waals surface area (Å²) in [4.78, 5) is 23.0. The number of amides is 1. The Labute approximate surface area is 119 Å². The van der Waals surface area contributed by atoms with Gasteiger partial charge in [-0.05, 0) is 31.0 Å². The van der Waals surface area contributed by atoms with E-state index in [0.29, 0.717) is 36.2 Å². The predicted octanol–water partition coefficient (Wildman–Crippen LogP) is 2.51. The molecule has 1 saturated heterocycles. The molecule has 1 aromatic rings. The smallest absolute Gasteiger partial charge is 0.335 e. The van der Waals surface area contributed by atoms with Gasteiger partial charge in [0.2, 0.25) is 5.91 Å². The number of anilines is 1. The molecule has 1 fully saturated rings. The molecule has 1 amide bonds. The molecule has 0 aliphatic carbocycles. The summed E-state index contributed by atoms with van der Waals surface area (Å²) in [6.07, 6.45) is 1.40.